The van der Waals surface area contributed by atoms with Crippen LogP contribution >= 0.6 is 0 Å². The number of para-hydroxylation sites is 1. The summed E-state index contributed by atoms with van der Waals surface area (Å²) >= 11 is 0. The van der Waals surface area contributed by atoms with Crippen LogP contribution in [0, 0.1) is 5.92 Å². The van der Waals surface area contributed by atoms with E-state index in [-0.39, 0.29) is 17.7 Å². The molecule has 0 unspecified atom stereocenters. The molecular weight excluding hydrogens is 330 g/mol. The smallest absolute Gasteiger partial charge is 0.227 e. The van der Waals surface area contributed by atoms with Crippen LogP contribution in [0.25, 0.3) is 10.9 Å². The zero-order valence-electron chi connectivity index (χ0n) is 15.3. The third kappa shape index (κ3) is 4.43. The number of nitrogens with one attached hydrogen (secondary N) is 2. The summed E-state index contributed by atoms with van der Waals surface area (Å²) in [5.41, 5.74) is 2.05. The molecule has 0 spiro atoms. The third-order valence-electron chi connectivity index (χ3n) is 4.99. The average molecular weight is 357 g/mol. The minimum Gasteiger partial charge on any atom is -0.385 e. The number of hydrogen-bond donors (Lipinski definition) is 2. The van der Waals surface area contributed by atoms with Crippen molar-refractivity contribution in [2.24, 2.45) is 5.92 Å². The highest BCUT2D eigenvalue weighted by atomic mass is 16.5. The first kappa shape index (κ1) is 18.5. The van der Waals surface area contributed by atoms with Crippen LogP contribution in [-0.2, 0) is 20.7 Å². The van der Waals surface area contributed by atoms with Gasteiger partial charge in [0.25, 0.3) is 0 Å². The van der Waals surface area contributed by atoms with Crippen LogP contribution in [-0.4, -0.2) is 55.0 Å². The number of amides is 2. The number of nitrogens with zero attached hydrogens (tertiary/aromatic N) is 1. The number of likely N-dealkylation sites (tertiary alicyclic amines) is 1. The van der Waals surface area contributed by atoms with E-state index >= 15 is 0 Å². The summed E-state index contributed by atoms with van der Waals surface area (Å²) in [7, 11) is 1.65. The van der Waals surface area contributed by atoms with Crippen LogP contribution < -0.4 is 5.32 Å². The number of carbonyl (C=O) groups is 2. The van der Waals surface area contributed by atoms with Crippen LogP contribution in [0.5, 0.6) is 0 Å². The maximum atomic E-state index is 12.7. The van der Waals surface area contributed by atoms with Gasteiger partial charge in [-0.15, -0.1) is 0 Å². The van der Waals surface area contributed by atoms with Crippen LogP contribution in [0.3, 0.4) is 0 Å². The van der Waals surface area contributed by atoms with Crippen LogP contribution in [0.15, 0.2) is 30.5 Å². The maximum absolute atomic E-state index is 12.7. The van der Waals surface area contributed by atoms with Gasteiger partial charge in [0.2, 0.25) is 11.8 Å². The van der Waals surface area contributed by atoms with Crippen molar-refractivity contribution in [3.05, 3.63) is 36.0 Å². The normalized spacial score (nSPS) is 17.4. The molecule has 1 aliphatic rings. The van der Waals surface area contributed by atoms with Gasteiger partial charge >= 0.3 is 0 Å². The highest BCUT2D eigenvalue weighted by molar-refractivity contribution is 5.89. The van der Waals surface area contributed by atoms with E-state index in [1.807, 2.05) is 35.4 Å². The maximum Gasteiger partial charge on any atom is 0.227 e. The monoisotopic (exact) mass is 357 g/mol. The Morgan fingerprint density at radius 2 is 2.19 bits per heavy atom. The minimum absolute atomic E-state index is 0.0469. The van der Waals surface area contributed by atoms with Gasteiger partial charge in [0.1, 0.15) is 0 Å². The zero-order chi connectivity index (χ0) is 18.4. The topological polar surface area (TPSA) is 74.4 Å². The van der Waals surface area contributed by atoms with Crippen LogP contribution in [0.1, 0.15) is 24.8 Å². The van der Waals surface area contributed by atoms with Crippen molar-refractivity contribution in [2.45, 2.75) is 25.7 Å². The second-order valence-corrected chi connectivity index (χ2v) is 6.85. The van der Waals surface area contributed by atoms with E-state index in [1.54, 1.807) is 7.11 Å². The second-order valence-electron chi connectivity index (χ2n) is 6.85. The van der Waals surface area contributed by atoms with Gasteiger partial charge in [-0.25, -0.2) is 0 Å². The number of ether oxygens (including phenoxy) is 1. The molecule has 2 aromatic rings. The number of methoxy groups -OCH3 is 1. The molecule has 1 aromatic heterocycles. The van der Waals surface area contributed by atoms with Crippen molar-refractivity contribution in [2.75, 3.05) is 33.4 Å². The van der Waals surface area contributed by atoms with Crippen molar-refractivity contribution < 1.29 is 14.3 Å². The Labute approximate surface area is 153 Å². The summed E-state index contributed by atoms with van der Waals surface area (Å²) in [5.74, 6) is 0.0237. The number of aromatic nitrogens is 1. The number of hydrogen-bond acceptors (Lipinski definition) is 3. The molecule has 1 aromatic carbocycles. The molecule has 0 saturated carbocycles. The van der Waals surface area contributed by atoms with Crippen molar-refractivity contribution in [3.63, 3.8) is 0 Å². The molecule has 2 N–H and O–H groups in total. The molecule has 0 radical (unpaired) electrons. The molecule has 3 rings (SSSR count). The minimum atomic E-state index is -0.113. The Morgan fingerprint density at radius 3 is 3.04 bits per heavy atom. The Bertz CT molecular complexity index is 756. The molecule has 2 amide bonds. The van der Waals surface area contributed by atoms with Crippen molar-refractivity contribution in [3.8, 4) is 0 Å². The quantitative estimate of drug-likeness (QED) is 0.745. The van der Waals surface area contributed by atoms with Crippen molar-refractivity contribution >= 4 is 22.7 Å². The number of H-pyrrole nitrogens is 1. The Kier molecular flexibility index (Phi) is 6.28. The first-order valence-corrected chi connectivity index (χ1v) is 9.28. The van der Waals surface area contributed by atoms with Gasteiger partial charge in [-0.2, -0.15) is 0 Å². The summed E-state index contributed by atoms with van der Waals surface area (Å²) in [4.78, 5) is 30.1. The van der Waals surface area contributed by atoms with Gasteiger partial charge < -0.3 is 19.9 Å². The molecule has 0 aliphatic carbocycles. The number of benzene rings is 1. The Morgan fingerprint density at radius 1 is 1.35 bits per heavy atom. The lowest BCUT2D eigenvalue weighted by atomic mass is 9.96. The number of carbonyl (C=O) groups excluding carboxylic acids is 2. The zero-order valence-corrected chi connectivity index (χ0v) is 15.3. The molecule has 6 heteroatoms. The lowest BCUT2D eigenvalue weighted by molar-refractivity contribution is -0.135. The summed E-state index contributed by atoms with van der Waals surface area (Å²) in [6, 6.07) is 8.00. The molecule has 1 saturated heterocycles. The first-order valence-electron chi connectivity index (χ1n) is 9.28. The number of piperidine rings is 1. The molecule has 1 fully saturated rings. The fraction of sp³-hybridized carbons (Fsp3) is 0.500. The molecular formula is C20H27N3O3. The Hall–Kier alpha value is -2.34. The fourth-order valence-corrected chi connectivity index (χ4v) is 3.54. The van der Waals surface area contributed by atoms with Gasteiger partial charge in [-0.3, -0.25) is 9.59 Å². The van der Waals surface area contributed by atoms with E-state index < -0.39 is 0 Å². The molecule has 0 bridgehead atoms. The first-order chi connectivity index (χ1) is 12.7. The molecule has 26 heavy (non-hydrogen) atoms. The molecule has 140 valence electrons. The van der Waals surface area contributed by atoms with Crippen LogP contribution in [0.4, 0.5) is 0 Å². The SMILES string of the molecule is COCCCNC(=O)[C@H]1CCCN(C(=O)Cc2c[nH]c3ccccc23)C1. The second kappa shape index (κ2) is 8.85. The molecule has 2 heterocycles. The molecule has 6 nitrogen and oxygen atoms in total. The van der Waals surface area contributed by atoms with E-state index in [0.29, 0.717) is 26.1 Å². The van der Waals surface area contributed by atoms with E-state index in [1.165, 1.54) is 0 Å². The third-order valence-corrected chi connectivity index (χ3v) is 4.99. The van der Waals surface area contributed by atoms with E-state index in [2.05, 4.69) is 10.3 Å². The van der Waals surface area contributed by atoms with Gasteiger partial charge in [0.05, 0.1) is 12.3 Å². The van der Waals surface area contributed by atoms with Gasteiger partial charge in [0, 0.05) is 50.5 Å². The lowest BCUT2D eigenvalue weighted by Crippen LogP contribution is -2.46. The van der Waals surface area contributed by atoms with Crippen molar-refractivity contribution in [1.82, 2.24) is 15.2 Å². The van der Waals surface area contributed by atoms with Gasteiger partial charge in [0.15, 0.2) is 0 Å². The van der Waals surface area contributed by atoms with Gasteiger partial charge in [-0.05, 0) is 30.9 Å². The van der Waals surface area contributed by atoms with E-state index in [9.17, 15) is 9.59 Å². The highest BCUT2D eigenvalue weighted by Crippen LogP contribution is 2.21. The lowest BCUT2D eigenvalue weighted by Gasteiger charge is -2.32. The van der Waals surface area contributed by atoms with E-state index in [4.69, 9.17) is 4.74 Å². The summed E-state index contributed by atoms with van der Waals surface area (Å²) in [5, 5.41) is 4.04. The predicted octanol–water partition coefficient (Wildman–Crippen LogP) is 2.10. The van der Waals surface area contributed by atoms with Crippen molar-refractivity contribution in [1.29, 1.82) is 0 Å². The largest absolute Gasteiger partial charge is 0.385 e. The number of rotatable bonds is 7. The Balaban J connectivity index is 1.55. The highest BCUT2D eigenvalue weighted by Gasteiger charge is 2.28. The molecule has 1 aliphatic heterocycles. The fourth-order valence-electron chi connectivity index (χ4n) is 3.54. The standard InChI is InChI=1S/C20H27N3O3/c1-26-11-5-9-21-20(25)15-6-4-10-23(14-15)19(24)12-16-13-22-18-8-3-2-7-17(16)18/h2-3,7-8,13,15,22H,4-6,9-12,14H2,1H3,(H,21,25)/t15-/m0/s1. The van der Waals surface area contributed by atoms with E-state index in [0.717, 1.165) is 42.3 Å². The summed E-state index contributed by atoms with van der Waals surface area (Å²) < 4.78 is 4.99. The van der Waals surface area contributed by atoms with Crippen LogP contribution in [0.2, 0.25) is 0 Å². The summed E-state index contributed by atoms with van der Waals surface area (Å²) in [6.45, 7) is 2.50. The van der Waals surface area contributed by atoms with Gasteiger partial charge in [-0.1, -0.05) is 18.2 Å². The number of fused-ring (bicyclic) bond motifs is 1. The average Bonchev–Trinajstić information content (AvgIpc) is 3.08. The number of aromatic amines is 1. The molecule has 1 atom stereocenters. The summed E-state index contributed by atoms with van der Waals surface area (Å²) in [6.07, 6.45) is 4.79. The predicted molar refractivity (Wildman–Crippen MR) is 101 cm³/mol.